The Hall–Kier alpha value is -3.65. The number of imidazole rings is 1. The molecular weight excluding hydrogens is 575 g/mol. The Morgan fingerprint density at radius 2 is 1.39 bits per heavy atom. The number of nitrogens with zero attached hydrogens (tertiary/aromatic N) is 6. The van der Waals surface area contributed by atoms with Crippen LogP contribution in [0.5, 0.6) is 0 Å². The first-order valence-electron chi connectivity index (χ1n) is 12.9. The standard InChI is InChI=1S/C13H18ClN5O2.C12H20ClN5O2/c1-13(2,3)21-12(20)15-5-4-6-19-8-18-9-10(14)16-7-17-11(9)19;1-12(2,3)20-11(19)16-6-4-5-15-10-8(14)9(13)17-7-18-10/h7-8H,4-6H2,1-3H3,(H,15,20);7H,4-6,14H2,1-3H3,(H,16,19)(H,15,17,18). The second kappa shape index (κ2) is 15.4. The Balaban J connectivity index is 0.000000287. The van der Waals surface area contributed by atoms with Crippen LogP contribution >= 0.6 is 23.2 Å². The molecule has 3 rings (SSSR count). The SMILES string of the molecule is CC(C)(C)OC(=O)NCCCNc1ncnc(Cl)c1N.CC(C)(C)OC(=O)NCCCn1cnc2c(Cl)ncnc21. The molecule has 226 valence electrons. The Labute approximate surface area is 249 Å². The molecule has 2 amide bonds. The second-order valence-corrected chi connectivity index (χ2v) is 11.4. The summed E-state index contributed by atoms with van der Waals surface area (Å²) in [5.74, 6) is 0.488. The molecule has 41 heavy (non-hydrogen) atoms. The maximum Gasteiger partial charge on any atom is 0.407 e. The molecule has 0 fully saturated rings. The maximum atomic E-state index is 11.5. The Morgan fingerprint density at radius 3 is 2.00 bits per heavy atom. The monoisotopic (exact) mass is 612 g/mol. The molecule has 14 nitrogen and oxygen atoms in total. The van der Waals surface area contributed by atoms with E-state index >= 15 is 0 Å². The van der Waals surface area contributed by atoms with Gasteiger partial charge in [0.2, 0.25) is 0 Å². The number of aryl methyl sites for hydroxylation is 1. The van der Waals surface area contributed by atoms with Crippen LogP contribution in [0.25, 0.3) is 11.2 Å². The van der Waals surface area contributed by atoms with E-state index in [4.69, 9.17) is 38.4 Å². The molecule has 0 spiro atoms. The molecule has 0 unspecified atom stereocenters. The number of aromatic nitrogens is 6. The quantitative estimate of drug-likeness (QED) is 0.198. The first-order valence-corrected chi connectivity index (χ1v) is 13.7. The minimum Gasteiger partial charge on any atom is -0.444 e. The molecule has 3 aromatic rings. The predicted octanol–water partition coefficient (Wildman–Crippen LogP) is 4.43. The zero-order valence-electron chi connectivity index (χ0n) is 24.1. The highest BCUT2D eigenvalue weighted by molar-refractivity contribution is 6.33. The highest BCUT2D eigenvalue weighted by Gasteiger charge is 2.16. The van der Waals surface area contributed by atoms with Crippen LogP contribution in [0.15, 0.2) is 19.0 Å². The van der Waals surface area contributed by atoms with Crippen molar-refractivity contribution in [2.75, 3.05) is 30.7 Å². The molecule has 0 aliphatic rings. The van der Waals surface area contributed by atoms with Crippen molar-refractivity contribution in [1.29, 1.82) is 0 Å². The first kappa shape index (κ1) is 33.6. The molecular formula is C25H38Cl2N10O4. The van der Waals surface area contributed by atoms with Gasteiger partial charge in [-0.1, -0.05) is 23.2 Å². The van der Waals surface area contributed by atoms with Crippen LogP contribution in [0.4, 0.5) is 21.1 Å². The second-order valence-electron chi connectivity index (χ2n) is 10.7. The predicted molar refractivity (Wildman–Crippen MR) is 158 cm³/mol. The molecule has 0 atom stereocenters. The van der Waals surface area contributed by atoms with Gasteiger partial charge in [-0.3, -0.25) is 0 Å². The molecule has 3 heterocycles. The number of nitrogens with one attached hydrogen (secondary N) is 3. The van der Waals surface area contributed by atoms with Crippen LogP contribution in [0.3, 0.4) is 0 Å². The molecule has 0 saturated carbocycles. The molecule has 3 aromatic heterocycles. The maximum absolute atomic E-state index is 11.5. The number of carbonyl (C=O) groups is 2. The lowest BCUT2D eigenvalue weighted by molar-refractivity contribution is 0.0515. The van der Waals surface area contributed by atoms with Crippen molar-refractivity contribution < 1.29 is 19.1 Å². The number of ether oxygens (including phenoxy) is 2. The molecule has 0 radical (unpaired) electrons. The van der Waals surface area contributed by atoms with Gasteiger partial charge < -0.3 is 35.7 Å². The van der Waals surface area contributed by atoms with Crippen LogP contribution in [-0.4, -0.2) is 72.5 Å². The molecule has 0 saturated heterocycles. The van der Waals surface area contributed by atoms with Gasteiger partial charge in [-0.15, -0.1) is 0 Å². The fourth-order valence-electron chi connectivity index (χ4n) is 3.08. The van der Waals surface area contributed by atoms with E-state index in [9.17, 15) is 9.59 Å². The van der Waals surface area contributed by atoms with E-state index in [1.54, 1.807) is 6.33 Å². The molecule has 16 heteroatoms. The Kier molecular flexibility index (Phi) is 12.6. The number of hydrogen-bond donors (Lipinski definition) is 4. The fourth-order valence-corrected chi connectivity index (χ4v) is 3.39. The number of rotatable bonds is 9. The zero-order valence-corrected chi connectivity index (χ0v) is 25.6. The Bertz CT molecular complexity index is 1290. The third-order valence-corrected chi connectivity index (χ3v) is 5.33. The molecule has 0 aliphatic heterocycles. The van der Waals surface area contributed by atoms with Gasteiger partial charge in [0.05, 0.1) is 6.33 Å². The lowest BCUT2D eigenvalue weighted by Crippen LogP contribution is -2.33. The number of alkyl carbamates (subject to hydrolysis) is 2. The highest BCUT2D eigenvalue weighted by Crippen LogP contribution is 2.21. The van der Waals surface area contributed by atoms with E-state index in [2.05, 4.69) is 40.9 Å². The lowest BCUT2D eigenvalue weighted by Gasteiger charge is -2.19. The molecule has 5 N–H and O–H groups in total. The average molecular weight is 614 g/mol. The minimum absolute atomic E-state index is 0.217. The van der Waals surface area contributed by atoms with E-state index in [-0.39, 0.29) is 5.15 Å². The topological polar surface area (TPSA) is 184 Å². The summed E-state index contributed by atoms with van der Waals surface area (Å²) in [5, 5.41) is 8.95. The van der Waals surface area contributed by atoms with Crippen LogP contribution < -0.4 is 21.7 Å². The number of nitrogen functional groups attached to an aromatic ring is 1. The van der Waals surface area contributed by atoms with Crippen molar-refractivity contribution in [1.82, 2.24) is 40.1 Å². The fraction of sp³-hybridized carbons (Fsp3) is 0.560. The number of amides is 2. The number of carbonyl (C=O) groups excluding carboxylic acids is 2. The van der Waals surface area contributed by atoms with Crippen LogP contribution in [0, 0.1) is 0 Å². The Morgan fingerprint density at radius 1 is 0.829 bits per heavy atom. The number of nitrogens with two attached hydrogens (primary N) is 1. The van der Waals surface area contributed by atoms with Gasteiger partial charge in [0.1, 0.15) is 35.1 Å². The van der Waals surface area contributed by atoms with Gasteiger partial charge in [0, 0.05) is 26.2 Å². The van der Waals surface area contributed by atoms with Crippen molar-refractivity contribution in [2.24, 2.45) is 0 Å². The van der Waals surface area contributed by atoms with Crippen LogP contribution in [0.2, 0.25) is 10.3 Å². The van der Waals surface area contributed by atoms with E-state index in [1.807, 2.05) is 46.1 Å². The summed E-state index contributed by atoms with van der Waals surface area (Å²) in [6.07, 6.45) is 4.98. The van der Waals surface area contributed by atoms with Crippen molar-refractivity contribution in [3.8, 4) is 0 Å². The highest BCUT2D eigenvalue weighted by atomic mass is 35.5. The summed E-state index contributed by atoms with van der Waals surface area (Å²) in [6, 6.07) is 0. The van der Waals surface area contributed by atoms with Gasteiger partial charge in [-0.2, -0.15) is 0 Å². The normalized spacial score (nSPS) is 11.3. The summed E-state index contributed by atoms with van der Waals surface area (Å²) >= 11 is 11.7. The van der Waals surface area contributed by atoms with E-state index < -0.39 is 23.4 Å². The largest absolute Gasteiger partial charge is 0.444 e. The summed E-state index contributed by atoms with van der Waals surface area (Å²) < 4.78 is 12.1. The third-order valence-electron chi connectivity index (χ3n) is 4.75. The zero-order chi connectivity index (χ0) is 30.6. The summed E-state index contributed by atoms with van der Waals surface area (Å²) in [7, 11) is 0. The molecule has 0 aromatic carbocycles. The third kappa shape index (κ3) is 12.6. The summed E-state index contributed by atoms with van der Waals surface area (Å²) in [6.45, 7) is 13.2. The van der Waals surface area contributed by atoms with Crippen molar-refractivity contribution in [2.45, 2.75) is 72.1 Å². The van der Waals surface area contributed by atoms with Crippen molar-refractivity contribution >= 4 is 58.1 Å². The van der Waals surface area contributed by atoms with E-state index in [1.165, 1.54) is 12.7 Å². The number of fused-ring (bicyclic) bond motifs is 1. The van der Waals surface area contributed by atoms with Gasteiger partial charge in [-0.05, 0) is 54.4 Å². The average Bonchev–Trinajstić information content (AvgIpc) is 3.27. The van der Waals surface area contributed by atoms with Crippen molar-refractivity contribution in [3.05, 3.63) is 29.3 Å². The van der Waals surface area contributed by atoms with Gasteiger partial charge in [0.25, 0.3) is 0 Å². The van der Waals surface area contributed by atoms with Crippen LogP contribution in [-0.2, 0) is 16.0 Å². The van der Waals surface area contributed by atoms with Crippen molar-refractivity contribution in [3.63, 3.8) is 0 Å². The first-order chi connectivity index (χ1) is 19.2. The van der Waals surface area contributed by atoms with E-state index in [0.29, 0.717) is 60.4 Å². The van der Waals surface area contributed by atoms with Gasteiger partial charge >= 0.3 is 12.2 Å². The van der Waals surface area contributed by atoms with E-state index in [0.717, 1.165) is 6.42 Å². The lowest BCUT2D eigenvalue weighted by atomic mass is 10.2. The number of anilines is 2. The van der Waals surface area contributed by atoms with Gasteiger partial charge in [-0.25, -0.2) is 34.5 Å². The van der Waals surface area contributed by atoms with Gasteiger partial charge in [0.15, 0.2) is 21.8 Å². The number of hydrogen-bond acceptors (Lipinski definition) is 11. The molecule has 0 aliphatic carbocycles. The van der Waals surface area contributed by atoms with Crippen LogP contribution in [0.1, 0.15) is 54.4 Å². The smallest absolute Gasteiger partial charge is 0.407 e. The minimum atomic E-state index is -0.492. The summed E-state index contributed by atoms with van der Waals surface area (Å²) in [5.41, 5.74) is 6.31. The molecule has 0 bridgehead atoms. The summed E-state index contributed by atoms with van der Waals surface area (Å²) in [4.78, 5) is 42.8. The number of halogens is 2.